The molecule has 3 rings (SSSR count). The molecule has 0 aliphatic rings. The van der Waals surface area contributed by atoms with Gasteiger partial charge in [0.2, 0.25) is 5.91 Å². The number of anilines is 1. The number of nitrogens with zero attached hydrogens (tertiary/aromatic N) is 1. The smallest absolute Gasteiger partial charge is 0.264 e. The van der Waals surface area contributed by atoms with Gasteiger partial charge in [0.1, 0.15) is 12.1 Å². The van der Waals surface area contributed by atoms with Crippen molar-refractivity contribution >= 4 is 17.5 Å². The number of aryl methyl sites for hydroxylation is 2. The largest absolute Gasteiger partial charge is 0.365 e. The van der Waals surface area contributed by atoms with Gasteiger partial charge in [0.25, 0.3) is 11.5 Å². The number of carbonyl (C=O) groups excluding carboxylic acids is 2. The Labute approximate surface area is 162 Å². The van der Waals surface area contributed by atoms with E-state index in [9.17, 15) is 14.4 Å². The van der Waals surface area contributed by atoms with Crippen molar-refractivity contribution < 1.29 is 9.59 Å². The van der Waals surface area contributed by atoms with E-state index in [0.29, 0.717) is 16.9 Å². The number of primary amides is 1. The van der Waals surface area contributed by atoms with Crippen LogP contribution in [-0.2, 0) is 11.3 Å². The van der Waals surface area contributed by atoms with E-state index in [1.54, 1.807) is 26.0 Å². The third-order valence-electron chi connectivity index (χ3n) is 4.54. The lowest BCUT2D eigenvalue weighted by molar-refractivity contribution is -0.116. The number of carbonyl (C=O) groups is 2. The number of para-hydroxylation sites is 1. The zero-order chi connectivity index (χ0) is 20.3. The molecule has 0 saturated carbocycles. The minimum absolute atomic E-state index is 0.0944. The molecule has 0 aliphatic carbocycles. The van der Waals surface area contributed by atoms with Crippen molar-refractivity contribution in [3.63, 3.8) is 0 Å². The quantitative estimate of drug-likeness (QED) is 0.718. The van der Waals surface area contributed by atoms with Gasteiger partial charge in [-0.3, -0.25) is 14.4 Å². The monoisotopic (exact) mass is 375 g/mol. The van der Waals surface area contributed by atoms with E-state index >= 15 is 0 Å². The Kier molecular flexibility index (Phi) is 5.40. The number of hydrogen-bond donors (Lipinski definition) is 2. The second-order valence-corrected chi connectivity index (χ2v) is 6.56. The number of nitrogens with two attached hydrogens (primary N) is 1. The molecule has 28 heavy (non-hydrogen) atoms. The highest BCUT2D eigenvalue weighted by atomic mass is 16.2. The molecular formula is C22H21N3O3. The number of aromatic nitrogens is 1. The molecule has 1 aromatic heterocycles. The summed E-state index contributed by atoms with van der Waals surface area (Å²) in [5, 5.41) is 2.86. The molecule has 3 aromatic rings. The summed E-state index contributed by atoms with van der Waals surface area (Å²) in [4.78, 5) is 36.9. The Morgan fingerprint density at radius 2 is 1.64 bits per heavy atom. The number of nitrogens with one attached hydrogen (secondary N) is 1. The molecule has 0 fully saturated rings. The van der Waals surface area contributed by atoms with Crippen LogP contribution in [0.5, 0.6) is 0 Å². The van der Waals surface area contributed by atoms with Crippen LogP contribution >= 0.6 is 0 Å². The van der Waals surface area contributed by atoms with Gasteiger partial charge in [-0.15, -0.1) is 0 Å². The van der Waals surface area contributed by atoms with Gasteiger partial charge in [-0.2, -0.15) is 0 Å². The van der Waals surface area contributed by atoms with Gasteiger partial charge in [-0.05, 0) is 37.1 Å². The molecule has 6 nitrogen and oxygen atoms in total. The Morgan fingerprint density at radius 3 is 2.32 bits per heavy atom. The topological polar surface area (TPSA) is 94.2 Å². The maximum absolute atomic E-state index is 12.6. The van der Waals surface area contributed by atoms with E-state index in [1.165, 1.54) is 4.57 Å². The fraction of sp³-hybridized carbons (Fsp3) is 0.136. The summed E-state index contributed by atoms with van der Waals surface area (Å²) in [5.74, 6) is -1.17. The molecule has 0 radical (unpaired) electrons. The van der Waals surface area contributed by atoms with E-state index in [1.807, 2.05) is 48.5 Å². The predicted molar refractivity (Wildman–Crippen MR) is 109 cm³/mol. The lowest BCUT2D eigenvalue weighted by Gasteiger charge is -2.15. The van der Waals surface area contributed by atoms with Gasteiger partial charge < -0.3 is 15.6 Å². The van der Waals surface area contributed by atoms with Crippen molar-refractivity contribution in [1.82, 2.24) is 4.57 Å². The van der Waals surface area contributed by atoms with Crippen LogP contribution in [0.2, 0.25) is 0 Å². The molecule has 0 unspecified atom stereocenters. The standard InChI is InChI=1S/C22H21N3O3/c1-14-12-15(2)25(22(28)20(14)21(23)27)13-19(26)24-18-11-7-6-10-17(18)16-8-4-3-5-9-16/h3-12H,13H2,1-2H3,(H2,23,27)(H,24,26). The third-order valence-corrected chi connectivity index (χ3v) is 4.54. The lowest BCUT2D eigenvalue weighted by Crippen LogP contribution is -2.35. The molecule has 0 aliphatic heterocycles. The molecule has 6 heteroatoms. The zero-order valence-electron chi connectivity index (χ0n) is 15.7. The number of rotatable bonds is 5. The average Bonchev–Trinajstić information content (AvgIpc) is 2.66. The van der Waals surface area contributed by atoms with Gasteiger partial charge in [0.05, 0.1) is 0 Å². The van der Waals surface area contributed by atoms with Crippen molar-refractivity contribution in [2.45, 2.75) is 20.4 Å². The van der Waals surface area contributed by atoms with E-state index in [2.05, 4.69) is 5.32 Å². The maximum atomic E-state index is 12.6. The highest BCUT2D eigenvalue weighted by Gasteiger charge is 2.17. The molecular weight excluding hydrogens is 354 g/mol. The fourth-order valence-corrected chi connectivity index (χ4v) is 3.22. The Balaban J connectivity index is 1.90. The summed E-state index contributed by atoms with van der Waals surface area (Å²) in [7, 11) is 0. The molecule has 2 amide bonds. The summed E-state index contributed by atoms with van der Waals surface area (Å²) >= 11 is 0. The van der Waals surface area contributed by atoms with Crippen molar-refractivity contribution in [1.29, 1.82) is 0 Å². The van der Waals surface area contributed by atoms with Crippen LogP contribution in [-0.4, -0.2) is 16.4 Å². The van der Waals surface area contributed by atoms with Crippen LogP contribution in [0, 0.1) is 13.8 Å². The Bertz CT molecular complexity index is 1100. The molecule has 0 bridgehead atoms. The molecule has 0 atom stereocenters. The minimum atomic E-state index is -0.800. The highest BCUT2D eigenvalue weighted by molar-refractivity contribution is 5.96. The van der Waals surface area contributed by atoms with Gasteiger partial charge in [-0.25, -0.2) is 0 Å². The summed E-state index contributed by atoms with van der Waals surface area (Å²) in [6.45, 7) is 3.15. The summed E-state index contributed by atoms with van der Waals surface area (Å²) in [6.07, 6.45) is 0. The van der Waals surface area contributed by atoms with Crippen LogP contribution in [0.25, 0.3) is 11.1 Å². The van der Waals surface area contributed by atoms with E-state index in [-0.39, 0.29) is 18.0 Å². The SMILES string of the molecule is Cc1cc(C)n(CC(=O)Nc2ccccc2-c2ccccc2)c(=O)c1C(N)=O. The van der Waals surface area contributed by atoms with E-state index in [4.69, 9.17) is 5.73 Å². The molecule has 142 valence electrons. The second-order valence-electron chi connectivity index (χ2n) is 6.56. The first-order valence-electron chi connectivity index (χ1n) is 8.83. The predicted octanol–water partition coefficient (Wildman–Crippen LogP) is 2.87. The second kappa shape index (κ2) is 7.92. The maximum Gasteiger partial charge on any atom is 0.264 e. The zero-order valence-corrected chi connectivity index (χ0v) is 15.7. The van der Waals surface area contributed by atoms with Gasteiger partial charge in [0, 0.05) is 16.9 Å². The van der Waals surface area contributed by atoms with Crippen LogP contribution in [0.1, 0.15) is 21.6 Å². The van der Waals surface area contributed by atoms with Crippen LogP contribution in [0.3, 0.4) is 0 Å². The molecule has 3 N–H and O–H groups in total. The summed E-state index contributed by atoms with van der Waals surface area (Å²) in [5.41, 5.74) is 8.24. The van der Waals surface area contributed by atoms with E-state index in [0.717, 1.165) is 11.1 Å². The number of benzene rings is 2. The molecule has 0 spiro atoms. The third kappa shape index (κ3) is 3.86. The van der Waals surface area contributed by atoms with Crippen LogP contribution in [0.4, 0.5) is 5.69 Å². The molecule has 1 heterocycles. The Hall–Kier alpha value is -3.67. The fourth-order valence-electron chi connectivity index (χ4n) is 3.22. The molecule has 2 aromatic carbocycles. The molecule has 0 saturated heterocycles. The van der Waals surface area contributed by atoms with Crippen LogP contribution in [0.15, 0.2) is 65.5 Å². The van der Waals surface area contributed by atoms with Crippen molar-refractivity contribution in [2.24, 2.45) is 5.73 Å². The van der Waals surface area contributed by atoms with Crippen LogP contribution < -0.4 is 16.6 Å². The lowest BCUT2D eigenvalue weighted by atomic mass is 10.0. The van der Waals surface area contributed by atoms with Crippen molar-refractivity contribution in [3.05, 3.63) is 87.8 Å². The van der Waals surface area contributed by atoms with Gasteiger partial charge in [-0.1, -0.05) is 48.5 Å². The minimum Gasteiger partial charge on any atom is -0.365 e. The normalized spacial score (nSPS) is 10.5. The Morgan fingerprint density at radius 1 is 1.00 bits per heavy atom. The van der Waals surface area contributed by atoms with Gasteiger partial charge >= 0.3 is 0 Å². The van der Waals surface area contributed by atoms with Crippen molar-refractivity contribution in [3.8, 4) is 11.1 Å². The highest BCUT2D eigenvalue weighted by Crippen LogP contribution is 2.27. The summed E-state index contributed by atoms with van der Waals surface area (Å²) in [6, 6.07) is 18.8. The summed E-state index contributed by atoms with van der Waals surface area (Å²) < 4.78 is 1.26. The first-order chi connectivity index (χ1) is 13.4. The number of hydrogen-bond acceptors (Lipinski definition) is 3. The first-order valence-corrected chi connectivity index (χ1v) is 8.83. The van der Waals surface area contributed by atoms with Crippen molar-refractivity contribution in [2.75, 3.05) is 5.32 Å². The van der Waals surface area contributed by atoms with E-state index < -0.39 is 11.5 Å². The average molecular weight is 375 g/mol. The number of amides is 2. The first kappa shape index (κ1) is 19.1. The van der Waals surface area contributed by atoms with Gasteiger partial charge in [0.15, 0.2) is 0 Å². The number of pyridine rings is 1.